The fraction of sp³-hybridized carbons (Fsp3) is 0.467. The van der Waals surface area contributed by atoms with Crippen LogP contribution in [0.1, 0.15) is 31.7 Å². The number of anilines is 1. The molecular formula is C15H20N2O2S. The average molecular weight is 292 g/mol. The van der Waals surface area contributed by atoms with Crippen molar-refractivity contribution in [3.63, 3.8) is 0 Å². The smallest absolute Gasteiger partial charge is 0.247 e. The second-order valence-corrected chi connectivity index (χ2v) is 6.36. The van der Waals surface area contributed by atoms with Gasteiger partial charge in [-0.25, -0.2) is 0 Å². The van der Waals surface area contributed by atoms with Gasteiger partial charge in [0, 0.05) is 23.6 Å². The Balaban J connectivity index is 1.98. The van der Waals surface area contributed by atoms with Gasteiger partial charge in [-0.1, -0.05) is 26.0 Å². The molecule has 1 aromatic rings. The molecule has 0 aromatic heterocycles. The molecule has 1 saturated heterocycles. The highest BCUT2D eigenvalue weighted by molar-refractivity contribution is 7.99. The van der Waals surface area contributed by atoms with Gasteiger partial charge in [0.25, 0.3) is 0 Å². The molecule has 1 heterocycles. The van der Waals surface area contributed by atoms with Crippen molar-refractivity contribution in [1.82, 2.24) is 5.32 Å². The molecule has 1 aliphatic heterocycles. The molecule has 0 spiro atoms. The summed E-state index contributed by atoms with van der Waals surface area (Å²) in [5.74, 6) is 1.67. The zero-order chi connectivity index (χ0) is 14.5. The van der Waals surface area contributed by atoms with Crippen LogP contribution in [0.4, 0.5) is 5.69 Å². The first kappa shape index (κ1) is 14.9. The predicted molar refractivity (Wildman–Crippen MR) is 83.0 cm³/mol. The predicted octanol–water partition coefficient (Wildman–Crippen LogP) is 2.37. The van der Waals surface area contributed by atoms with Crippen molar-refractivity contribution in [2.45, 2.75) is 32.2 Å². The second-order valence-electron chi connectivity index (χ2n) is 5.21. The zero-order valence-corrected chi connectivity index (χ0v) is 12.6. The molecule has 1 atom stereocenters. The first-order valence-corrected chi connectivity index (χ1v) is 7.99. The van der Waals surface area contributed by atoms with Gasteiger partial charge < -0.3 is 10.6 Å². The van der Waals surface area contributed by atoms with E-state index in [1.807, 2.05) is 24.3 Å². The van der Waals surface area contributed by atoms with Crippen LogP contribution in [0, 0.1) is 0 Å². The van der Waals surface area contributed by atoms with Gasteiger partial charge in [-0.3, -0.25) is 9.59 Å². The lowest BCUT2D eigenvalue weighted by Crippen LogP contribution is -2.44. The Bertz CT molecular complexity index is 485. The third kappa shape index (κ3) is 4.00. The number of nitrogens with one attached hydrogen (secondary N) is 2. The van der Waals surface area contributed by atoms with Crippen molar-refractivity contribution in [3.8, 4) is 0 Å². The summed E-state index contributed by atoms with van der Waals surface area (Å²) >= 11 is 1.63. The fourth-order valence-corrected chi connectivity index (χ4v) is 2.96. The van der Waals surface area contributed by atoms with E-state index in [2.05, 4.69) is 24.5 Å². The van der Waals surface area contributed by atoms with Crippen molar-refractivity contribution in [3.05, 3.63) is 29.8 Å². The van der Waals surface area contributed by atoms with Gasteiger partial charge in [0.1, 0.15) is 6.04 Å². The first-order valence-electron chi connectivity index (χ1n) is 6.84. The van der Waals surface area contributed by atoms with Gasteiger partial charge in [-0.15, -0.1) is 0 Å². The minimum absolute atomic E-state index is 0.0506. The van der Waals surface area contributed by atoms with Crippen LogP contribution in [0.2, 0.25) is 0 Å². The van der Waals surface area contributed by atoms with E-state index in [0.717, 1.165) is 11.4 Å². The van der Waals surface area contributed by atoms with Gasteiger partial charge in [0.15, 0.2) is 0 Å². The summed E-state index contributed by atoms with van der Waals surface area (Å²) in [6, 6.07) is 7.39. The number of hydrogen-bond donors (Lipinski definition) is 2. The quantitative estimate of drug-likeness (QED) is 0.899. The molecule has 0 aliphatic carbocycles. The molecule has 0 bridgehead atoms. The molecule has 1 aromatic carbocycles. The number of thioether (sulfide) groups is 1. The van der Waals surface area contributed by atoms with E-state index in [1.165, 1.54) is 5.56 Å². The van der Waals surface area contributed by atoms with Gasteiger partial charge in [0.2, 0.25) is 11.8 Å². The molecule has 1 aliphatic rings. The normalized spacial score (nSPS) is 19.4. The summed E-state index contributed by atoms with van der Waals surface area (Å²) in [7, 11) is 0. The summed E-state index contributed by atoms with van der Waals surface area (Å²) in [5.41, 5.74) is 2.00. The molecule has 0 unspecified atom stereocenters. The Kier molecular flexibility index (Phi) is 5.06. The van der Waals surface area contributed by atoms with E-state index in [4.69, 9.17) is 0 Å². The Hall–Kier alpha value is -1.49. The molecular weight excluding hydrogens is 272 g/mol. The second kappa shape index (κ2) is 6.79. The molecule has 2 rings (SSSR count). The summed E-state index contributed by atoms with van der Waals surface area (Å²) < 4.78 is 0. The Morgan fingerprint density at radius 2 is 2.05 bits per heavy atom. The van der Waals surface area contributed by atoms with Crippen LogP contribution < -0.4 is 10.6 Å². The van der Waals surface area contributed by atoms with E-state index >= 15 is 0 Å². The lowest BCUT2D eigenvalue weighted by atomic mass is 10.0. The molecule has 0 saturated carbocycles. The number of carbonyl (C=O) groups excluding carboxylic acids is 2. The van der Waals surface area contributed by atoms with E-state index in [1.54, 1.807) is 11.8 Å². The maximum atomic E-state index is 12.1. The minimum atomic E-state index is -0.445. The topological polar surface area (TPSA) is 58.2 Å². The fourth-order valence-electron chi connectivity index (χ4n) is 2.00. The van der Waals surface area contributed by atoms with Gasteiger partial charge >= 0.3 is 0 Å². The molecule has 2 amide bonds. The molecule has 0 radical (unpaired) electrons. The molecule has 4 nitrogen and oxygen atoms in total. The van der Waals surface area contributed by atoms with Crippen LogP contribution in [0.25, 0.3) is 0 Å². The minimum Gasteiger partial charge on any atom is -0.343 e. The average Bonchev–Trinajstić information content (AvgIpc) is 2.64. The maximum Gasteiger partial charge on any atom is 0.247 e. The zero-order valence-electron chi connectivity index (χ0n) is 11.8. The van der Waals surface area contributed by atoms with E-state index in [9.17, 15) is 9.59 Å². The Morgan fingerprint density at radius 3 is 2.70 bits per heavy atom. The molecule has 108 valence electrons. The van der Waals surface area contributed by atoms with Crippen molar-refractivity contribution >= 4 is 29.3 Å². The molecule has 1 fully saturated rings. The van der Waals surface area contributed by atoms with E-state index in [-0.39, 0.29) is 11.8 Å². The summed E-state index contributed by atoms with van der Waals surface area (Å²) in [6.45, 7) is 4.26. The van der Waals surface area contributed by atoms with Crippen LogP contribution in [0.5, 0.6) is 0 Å². The van der Waals surface area contributed by atoms with Crippen molar-refractivity contribution in [2.24, 2.45) is 0 Å². The highest BCUT2D eigenvalue weighted by Crippen LogP contribution is 2.18. The standard InChI is InChI=1S/C15H20N2O2S/c1-10(2)11-3-5-12(6-4-11)16-15(19)13-9-20-8-7-14(18)17-13/h3-6,10,13H,7-9H2,1-2H3,(H,16,19)(H,17,18)/t13-/m0/s1. The van der Waals surface area contributed by atoms with Crippen molar-refractivity contribution in [1.29, 1.82) is 0 Å². The number of hydrogen-bond acceptors (Lipinski definition) is 3. The van der Waals surface area contributed by atoms with E-state index in [0.29, 0.717) is 18.1 Å². The van der Waals surface area contributed by atoms with Crippen LogP contribution in [-0.2, 0) is 9.59 Å². The van der Waals surface area contributed by atoms with Crippen molar-refractivity contribution in [2.75, 3.05) is 16.8 Å². The summed E-state index contributed by atoms with van der Waals surface area (Å²) in [6.07, 6.45) is 0.484. The summed E-state index contributed by atoms with van der Waals surface area (Å²) in [5, 5.41) is 5.62. The maximum absolute atomic E-state index is 12.1. The first-order chi connectivity index (χ1) is 9.56. The largest absolute Gasteiger partial charge is 0.343 e. The Morgan fingerprint density at radius 1 is 1.35 bits per heavy atom. The molecule has 5 heteroatoms. The summed E-state index contributed by atoms with van der Waals surface area (Å²) in [4.78, 5) is 23.6. The monoisotopic (exact) mass is 292 g/mol. The lowest BCUT2D eigenvalue weighted by Gasteiger charge is -2.15. The number of carbonyl (C=O) groups is 2. The lowest BCUT2D eigenvalue weighted by molar-refractivity contribution is -0.125. The Labute approximate surface area is 123 Å². The van der Waals surface area contributed by atoms with Gasteiger partial charge in [-0.2, -0.15) is 11.8 Å². The van der Waals surface area contributed by atoms with Gasteiger partial charge in [-0.05, 0) is 23.6 Å². The van der Waals surface area contributed by atoms with Gasteiger partial charge in [0.05, 0.1) is 0 Å². The highest BCUT2D eigenvalue weighted by atomic mass is 32.2. The molecule has 2 N–H and O–H groups in total. The third-order valence-electron chi connectivity index (χ3n) is 3.25. The number of rotatable bonds is 3. The van der Waals surface area contributed by atoms with E-state index < -0.39 is 6.04 Å². The van der Waals surface area contributed by atoms with Crippen LogP contribution in [0.15, 0.2) is 24.3 Å². The third-order valence-corrected chi connectivity index (χ3v) is 4.32. The van der Waals surface area contributed by atoms with Crippen molar-refractivity contribution < 1.29 is 9.59 Å². The number of amides is 2. The van der Waals surface area contributed by atoms with Crippen LogP contribution in [0.3, 0.4) is 0 Å². The number of benzene rings is 1. The SMILES string of the molecule is CC(C)c1ccc(NC(=O)[C@@H]2CSCCC(=O)N2)cc1. The highest BCUT2D eigenvalue weighted by Gasteiger charge is 2.23. The van der Waals surface area contributed by atoms with Crippen LogP contribution in [-0.4, -0.2) is 29.4 Å². The molecule has 20 heavy (non-hydrogen) atoms. The van der Waals surface area contributed by atoms with Crippen LogP contribution >= 0.6 is 11.8 Å².